The van der Waals surface area contributed by atoms with E-state index in [1.54, 1.807) is 26.0 Å². The monoisotopic (exact) mass is 465 g/mol. The summed E-state index contributed by atoms with van der Waals surface area (Å²) >= 11 is 0. The Hall–Kier alpha value is -3.32. The predicted molar refractivity (Wildman–Crippen MR) is 128 cm³/mol. The van der Waals surface area contributed by atoms with Crippen LogP contribution in [0, 0.1) is 12.8 Å². The predicted octanol–water partition coefficient (Wildman–Crippen LogP) is 4.49. The maximum Gasteiger partial charge on any atom is 0.310 e. The van der Waals surface area contributed by atoms with Crippen LogP contribution in [0.5, 0.6) is 17.2 Å². The zero-order valence-corrected chi connectivity index (χ0v) is 19.9. The number of rotatable bonds is 7. The number of carbonyl (C=O) groups is 2. The number of piperidine rings is 1. The number of ketones is 1. The topological polar surface area (TPSA) is 85.3 Å². The fourth-order valence-corrected chi connectivity index (χ4v) is 4.64. The number of Topliss-reactive ketones (excluding diaryl/α,β-unsaturated/α-hetero) is 1. The van der Waals surface area contributed by atoms with Gasteiger partial charge in [0.2, 0.25) is 5.78 Å². The van der Waals surface area contributed by atoms with Gasteiger partial charge in [0.1, 0.15) is 17.2 Å². The van der Waals surface area contributed by atoms with Crippen molar-refractivity contribution >= 4 is 17.8 Å². The summed E-state index contributed by atoms with van der Waals surface area (Å²) in [6.07, 6.45) is 3.33. The molecule has 2 aromatic rings. The fourth-order valence-electron chi connectivity index (χ4n) is 4.64. The van der Waals surface area contributed by atoms with Crippen molar-refractivity contribution in [2.45, 2.75) is 40.2 Å². The summed E-state index contributed by atoms with van der Waals surface area (Å²) in [5.74, 6) is 0.739. The summed E-state index contributed by atoms with van der Waals surface area (Å²) in [7, 11) is 0. The Balaban J connectivity index is 1.62. The number of carbonyl (C=O) groups excluding carboxylic acids is 2. The second-order valence-electron chi connectivity index (χ2n) is 8.63. The summed E-state index contributed by atoms with van der Waals surface area (Å²) in [6, 6.07) is 9.08. The molecule has 2 heterocycles. The lowest BCUT2D eigenvalue weighted by atomic mass is 9.96. The van der Waals surface area contributed by atoms with Gasteiger partial charge in [0.25, 0.3) is 0 Å². The number of fused-ring (bicyclic) bond motifs is 1. The van der Waals surface area contributed by atoms with E-state index in [-0.39, 0.29) is 29.2 Å². The van der Waals surface area contributed by atoms with E-state index >= 15 is 0 Å². The van der Waals surface area contributed by atoms with Crippen LogP contribution in [0.25, 0.3) is 6.08 Å². The normalized spacial score (nSPS) is 19.1. The van der Waals surface area contributed by atoms with E-state index in [1.165, 1.54) is 0 Å². The molecule has 4 rings (SSSR count). The fraction of sp³-hybridized carbons (Fsp3) is 0.407. The number of ether oxygens (including phenoxy) is 3. The Labute approximate surface area is 199 Å². The highest BCUT2D eigenvalue weighted by molar-refractivity contribution is 6.16. The Morgan fingerprint density at radius 2 is 2.06 bits per heavy atom. The van der Waals surface area contributed by atoms with E-state index in [0.29, 0.717) is 54.5 Å². The number of hydrogen-bond donors (Lipinski definition) is 1. The summed E-state index contributed by atoms with van der Waals surface area (Å²) in [6.45, 7) is 8.07. The van der Waals surface area contributed by atoms with Crippen LogP contribution in [0.1, 0.15) is 53.7 Å². The third-order valence-corrected chi connectivity index (χ3v) is 6.23. The number of hydrogen-bond acceptors (Lipinski definition) is 7. The molecule has 0 bridgehead atoms. The molecule has 1 unspecified atom stereocenters. The van der Waals surface area contributed by atoms with Crippen molar-refractivity contribution in [3.05, 3.63) is 58.3 Å². The number of esters is 1. The molecule has 1 N–H and O–H groups in total. The highest BCUT2D eigenvalue weighted by atomic mass is 16.5. The molecule has 0 spiro atoms. The first-order valence-corrected chi connectivity index (χ1v) is 11.8. The minimum atomic E-state index is -0.219. The van der Waals surface area contributed by atoms with Gasteiger partial charge in [0.05, 0.1) is 30.3 Å². The van der Waals surface area contributed by atoms with Gasteiger partial charge >= 0.3 is 5.97 Å². The van der Waals surface area contributed by atoms with Crippen molar-refractivity contribution in [1.29, 1.82) is 0 Å². The van der Waals surface area contributed by atoms with Crippen LogP contribution in [0.15, 0.2) is 36.1 Å². The van der Waals surface area contributed by atoms with Crippen molar-refractivity contribution < 1.29 is 28.9 Å². The highest BCUT2D eigenvalue weighted by Crippen LogP contribution is 2.43. The Morgan fingerprint density at radius 1 is 1.26 bits per heavy atom. The molecule has 2 aliphatic heterocycles. The van der Waals surface area contributed by atoms with E-state index in [1.807, 2.05) is 31.2 Å². The van der Waals surface area contributed by atoms with Gasteiger partial charge in [-0.15, -0.1) is 0 Å². The Kier molecular flexibility index (Phi) is 7.22. The quantitative estimate of drug-likeness (QED) is 0.476. The second-order valence-corrected chi connectivity index (χ2v) is 8.63. The lowest BCUT2D eigenvalue weighted by Gasteiger charge is -2.31. The average molecular weight is 466 g/mol. The van der Waals surface area contributed by atoms with Gasteiger partial charge in [-0.1, -0.05) is 18.2 Å². The number of aryl methyl sites for hydroxylation is 1. The molecule has 1 fully saturated rings. The van der Waals surface area contributed by atoms with E-state index in [4.69, 9.17) is 14.2 Å². The number of likely N-dealkylation sites (tertiary alicyclic amines) is 1. The van der Waals surface area contributed by atoms with Gasteiger partial charge in [-0.2, -0.15) is 0 Å². The van der Waals surface area contributed by atoms with Gasteiger partial charge < -0.3 is 19.3 Å². The molecule has 0 radical (unpaired) electrons. The molecule has 1 saturated heterocycles. The Morgan fingerprint density at radius 3 is 2.82 bits per heavy atom. The third kappa shape index (κ3) is 4.80. The van der Waals surface area contributed by atoms with Gasteiger partial charge in [0, 0.05) is 18.7 Å². The summed E-state index contributed by atoms with van der Waals surface area (Å²) in [4.78, 5) is 27.6. The maximum absolute atomic E-state index is 13.3. The van der Waals surface area contributed by atoms with Crippen molar-refractivity contribution in [2.24, 2.45) is 5.92 Å². The number of phenolic OH excluding ortho intramolecular Hbond substituents is 1. The number of aromatic hydroxyl groups is 1. The molecular weight excluding hydrogens is 434 g/mol. The minimum absolute atomic E-state index is 0.0817. The third-order valence-electron chi connectivity index (χ3n) is 6.23. The number of para-hydroxylation sites is 1. The molecule has 34 heavy (non-hydrogen) atoms. The molecule has 0 aromatic heterocycles. The maximum atomic E-state index is 13.3. The largest absolute Gasteiger partial charge is 0.507 e. The van der Waals surface area contributed by atoms with Crippen molar-refractivity contribution in [2.75, 3.05) is 26.3 Å². The van der Waals surface area contributed by atoms with Crippen molar-refractivity contribution in [3.63, 3.8) is 0 Å². The average Bonchev–Trinajstić information content (AvgIpc) is 3.14. The van der Waals surface area contributed by atoms with Gasteiger partial charge in [0.15, 0.2) is 5.76 Å². The standard InChI is InChI=1S/C27H31NO6/c1-4-32-22-11-7-6-9-18(22)14-23-25(30)24-17(3)13-21(29)20(26(24)34-23)16-28-12-8-10-19(15-28)27(31)33-5-2/h6-7,9,11,13-14,19,29H,4-5,8,10,12,15-16H2,1-3H3/b23-14-. The lowest BCUT2D eigenvalue weighted by molar-refractivity contribution is -0.150. The minimum Gasteiger partial charge on any atom is -0.507 e. The molecule has 180 valence electrons. The first-order chi connectivity index (χ1) is 16.4. The molecule has 2 aliphatic rings. The molecule has 7 nitrogen and oxygen atoms in total. The zero-order chi connectivity index (χ0) is 24.2. The first kappa shape index (κ1) is 23.8. The second kappa shape index (κ2) is 10.3. The van der Waals surface area contributed by atoms with E-state index in [9.17, 15) is 14.7 Å². The summed E-state index contributed by atoms with van der Waals surface area (Å²) < 4.78 is 17.0. The van der Waals surface area contributed by atoms with Crippen LogP contribution in [0.2, 0.25) is 0 Å². The van der Waals surface area contributed by atoms with Crippen LogP contribution >= 0.6 is 0 Å². The van der Waals surface area contributed by atoms with Crippen LogP contribution in [0.4, 0.5) is 0 Å². The zero-order valence-electron chi connectivity index (χ0n) is 19.9. The van der Waals surface area contributed by atoms with Crippen LogP contribution in [-0.2, 0) is 16.1 Å². The van der Waals surface area contributed by atoms with Crippen molar-refractivity contribution in [1.82, 2.24) is 4.90 Å². The van der Waals surface area contributed by atoms with E-state index in [2.05, 4.69) is 4.90 Å². The molecule has 0 amide bonds. The SMILES string of the molecule is CCOC(=O)C1CCCN(Cc2c(O)cc(C)c3c2O/C(=C\c2ccccc2OCC)C3=O)C1. The first-order valence-electron chi connectivity index (χ1n) is 11.8. The Bertz CT molecular complexity index is 1120. The van der Waals surface area contributed by atoms with Crippen LogP contribution in [0.3, 0.4) is 0 Å². The number of allylic oxidation sites excluding steroid dienone is 1. The molecular formula is C27H31NO6. The highest BCUT2D eigenvalue weighted by Gasteiger charge is 2.35. The van der Waals surface area contributed by atoms with Gasteiger partial charge in [-0.25, -0.2) is 0 Å². The molecule has 0 saturated carbocycles. The lowest BCUT2D eigenvalue weighted by Crippen LogP contribution is -2.39. The van der Waals surface area contributed by atoms with Gasteiger partial charge in [-0.05, 0) is 63.9 Å². The number of benzene rings is 2. The van der Waals surface area contributed by atoms with Crippen LogP contribution < -0.4 is 9.47 Å². The van der Waals surface area contributed by atoms with Crippen LogP contribution in [-0.4, -0.2) is 48.1 Å². The van der Waals surface area contributed by atoms with E-state index < -0.39 is 0 Å². The molecule has 7 heteroatoms. The molecule has 2 aromatic carbocycles. The van der Waals surface area contributed by atoms with Gasteiger partial charge in [-0.3, -0.25) is 14.5 Å². The smallest absolute Gasteiger partial charge is 0.310 e. The molecule has 0 aliphatic carbocycles. The van der Waals surface area contributed by atoms with Crippen molar-refractivity contribution in [3.8, 4) is 17.2 Å². The number of phenols is 1. The van der Waals surface area contributed by atoms with E-state index in [0.717, 1.165) is 24.9 Å². The molecule has 1 atom stereocenters. The summed E-state index contributed by atoms with van der Waals surface area (Å²) in [5.41, 5.74) is 2.43. The number of nitrogens with zero attached hydrogens (tertiary/aromatic N) is 1. The summed E-state index contributed by atoms with van der Waals surface area (Å²) in [5, 5.41) is 10.8.